The number of nitrogen functional groups attached to an aromatic ring is 1. The van der Waals surface area contributed by atoms with Gasteiger partial charge in [-0.3, -0.25) is 0 Å². The number of methoxy groups -OCH3 is 1. The molecule has 0 aliphatic carbocycles. The summed E-state index contributed by atoms with van der Waals surface area (Å²) in [6.45, 7) is 0. The number of nitrogens with two attached hydrogens (primary N) is 1. The van der Waals surface area contributed by atoms with Gasteiger partial charge in [0.05, 0.1) is 24.6 Å². The number of nitrogens with zero attached hydrogens (tertiary/aromatic N) is 3. The Morgan fingerprint density at radius 1 is 1.00 bits per heavy atom. The fourth-order valence-corrected chi connectivity index (χ4v) is 2.43. The van der Waals surface area contributed by atoms with Crippen molar-refractivity contribution >= 4 is 34.9 Å². The van der Waals surface area contributed by atoms with Crippen molar-refractivity contribution in [3.63, 3.8) is 0 Å². The lowest BCUT2D eigenvalue weighted by Gasteiger charge is -2.15. The highest BCUT2D eigenvalue weighted by molar-refractivity contribution is 5.92. The topological polar surface area (TPSA) is 107 Å². The molecule has 0 aliphatic rings. The van der Waals surface area contributed by atoms with Gasteiger partial charge in [-0.15, -0.1) is 0 Å². The van der Waals surface area contributed by atoms with E-state index in [9.17, 15) is 0 Å². The van der Waals surface area contributed by atoms with E-state index in [-0.39, 0.29) is 5.82 Å². The van der Waals surface area contributed by atoms with Crippen LogP contribution in [-0.4, -0.2) is 30.4 Å². The summed E-state index contributed by atoms with van der Waals surface area (Å²) >= 11 is 0. The minimum absolute atomic E-state index is 0.287. The summed E-state index contributed by atoms with van der Waals surface area (Å²) < 4.78 is 5.51. The average molecular weight is 364 g/mol. The number of hydrogen-bond acceptors (Lipinski definition) is 8. The Hall–Kier alpha value is -3.81. The summed E-state index contributed by atoms with van der Waals surface area (Å²) in [5, 5.41) is 10.3. The number of anilines is 5. The molecule has 0 bridgehead atoms. The first kappa shape index (κ1) is 18.0. The van der Waals surface area contributed by atoms with E-state index in [0.29, 0.717) is 17.1 Å². The average Bonchev–Trinajstić information content (AvgIpc) is 2.69. The van der Waals surface area contributed by atoms with Crippen LogP contribution in [0.5, 0.6) is 5.75 Å². The van der Waals surface area contributed by atoms with Crippen molar-refractivity contribution in [3.05, 3.63) is 60.4 Å². The lowest BCUT2D eigenvalue weighted by molar-refractivity contribution is 0.215. The van der Waals surface area contributed by atoms with Crippen LogP contribution < -0.4 is 21.1 Å². The number of para-hydroxylation sites is 1. The predicted octanol–water partition coefficient (Wildman–Crippen LogP) is 3.53. The number of nitrogens with one attached hydrogen (secondary N) is 2. The molecule has 1 heterocycles. The van der Waals surface area contributed by atoms with Crippen molar-refractivity contribution in [2.75, 3.05) is 30.6 Å². The molecule has 0 aliphatic heterocycles. The Kier molecular flexibility index (Phi) is 5.68. The monoisotopic (exact) mass is 364 g/mol. The Morgan fingerprint density at radius 2 is 1.81 bits per heavy atom. The zero-order valence-electron chi connectivity index (χ0n) is 15.0. The van der Waals surface area contributed by atoms with Gasteiger partial charge in [0.25, 0.3) is 0 Å². The molecule has 0 saturated carbocycles. The van der Waals surface area contributed by atoms with Crippen molar-refractivity contribution < 1.29 is 9.57 Å². The summed E-state index contributed by atoms with van der Waals surface area (Å²) in [5.74, 6) is 1.42. The minimum Gasteiger partial charge on any atom is -0.494 e. The molecule has 0 unspecified atom stereocenters. The van der Waals surface area contributed by atoms with E-state index in [1.807, 2.05) is 48.5 Å². The highest BCUT2D eigenvalue weighted by atomic mass is 16.6. The smallest absolute Gasteiger partial charge is 0.145 e. The van der Waals surface area contributed by atoms with Crippen LogP contribution in [-0.2, 0) is 4.84 Å². The maximum absolute atomic E-state index is 5.92. The normalized spacial score (nSPS) is 10.6. The van der Waals surface area contributed by atoms with E-state index in [0.717, 1.165) is 17.1 Å². The molecule has 0 fully saturated rings. The molecule has 8 heteroatoms. The first-order valence-electron chi connectivity index (χ1n) is 8.15. The number of aromatic nitrogens is 2. The minimum atomic E-state index is 0.287. The maximum Gasteiger partial charge on any atom is 0.145 e. The van der Waals surface area contributed by atoms with Crippen molar-refractivity contribution in [1.29, 1.82) is 0 Å². The van der Waals surface area contributed by atoms with E-state index in [1.54, 1.807) is 7.11 Å². The Morgan fingerprint density at radius 3 is 2.56 bits per heavy atom. The van der Waals surface area contributed by atoms with Crippen LogP contribution in [0.15, 0.2) is 60.0 Å². The predicted molar refractivity (Wildman–Crippen MR) is 107 cm³/mol. The van der Waals surface area contributed by atoms with Gasteiger partial charge >= 0.3 is 0 Å². The summed E-state index contributed by atoms with van der Waals surface area (Å²) in [7, 11) is 3.06. The molecule has 0 radical (unpaired) electrons. The van der Waals surface area contributed by atoms with Crippen molar-refractivity contribution in [2.24, 2.45) is 5.16 Å². The summed E-state index contributed by atoms with van der Waals surface area (Å²) in [5.41, 5.74) is 9.05. The molecule has 27 heavy (non-hydrogen) atoms. The SMILES string of the molecule is CON=Cc1c(N)ncnc1Nc1ccc(Nc2ccccc2)cc1OC. The number of oxime groups is 1. The molecule has 8 nitrogen and oxygen atoms in total. The van der Waals surface area contributed by atoms with Gasteiger partial charge in [0.1, 0.15) is 30.8 Å². The van der Waals surface area contributed by atoms with Crippen LogP contribution in [0.25, 0.3) is 0 Å². The second-order valence-electron chi connectivity index (χ2n) is 5.47. The number of rotatable bonds is 7. The molecule has 0 atom stereocenters. The standard InChI is InChI=1S/C19H20N6O2/c1-26-17-10-14(24-13-6-4-3-5-7-13)8-9-16(17)25-19-15(11-23-27-2)18(20)21-12-22-19/h3-12,24H,1-2H3,(H3,20,21,22,25). The fraction of sp³-hybridized carbons (Fsp3) is 0.105. The highest BCUT2D eigenvalue weighted by Crippen LogP contribution is 2.32. The van der Waals surface area contributed by atoms with Gasteiger partial charge < -0.3 is 25.9 Å². The Labute approximate surface area is 157 Å². The quantitative estimate of drug-likeness (QED) is 0.435. The zero-order chi connectivity index (χ0) is 19.1. The largest absolute Gasteiger partial charge is 0.494 e. The maximum atomic E-state index is 5.92. The fourth-order valence-electron chi connectivity index (χ4n) is 2.43. The lowest BCUT2D eigenvalue weighted by Crippen LogP contribution is -2.06. The van der Waals surface area contributed by atoms with Gasteiger partial charge in [-0.2, -0.15) is 0 Å². The third-order valence-electron chi connectivity index (χ3n) is 3.72. The van der Waals surface area contributed by atoms with Gasteiger partial charge in [-0.25, -0.2) is 9.97 Å². The molecule has 1 aromatic heterocycles. The molecular weight excluding hydrogens is 344 g/mol. The Bertz CT molecular complexity index is 931. The molecule has 4 N–H and O–H groups in total. The van der Waals surface area contributed by atoms with Gasteiger partial charge in [-0.1, -0.05) is 23.4 Å². The third kappa shape index (κ3) is 4.43. The first-order valence-corrected chi connectivity index (χ1v) is 8.15. The van der Waals surface area contributed by atoms with Gasteiger partial charge in [-0.05, 0) is 24.3 Å². The third-order valence-corrected chi connectivity index (χ3v) is 3.72. The van der Waals surface area contributed by atoms with Crippen LogP contribution in [0.2, 0.25) is 0 Å². The van der Waals surface area contributed by atoms with Gasteiger partial charge in [0, 0.05) is 17.4 Å². The van der Waals surface area contributed by atoms with Crippen molar-refractivity contribution in [2.45, 2.75) is 0 Å². The molecule has 3 aromatic rings. The van der Waals surface area contributed by atoms with E-state index in [1.165, 1.54) is 19.7 Å². The summed E-state index contributed by atoms with van der Waals surface area (Å²) in [6, 6.07) is 15.6. The summed E-state index contributed by atoms with van der Waals surface area (Å²) in [6.07, 6.45) is 2.83. The van der Waals surface area contributed by atoms with Crippen molar-refractivity contribution in [1.82, 2.24) is 9.97 Å². The molecule has 138 valence electrons. The molecule has 0 spiro atoms. The van der Waals surface area contributed by atoms with Crippen LogP contribution in [0.4, 0.5) is 28.7 Å². The molecule has 0 amide bonds. The van der Waals surface area contributed by atoms with Crippen molar-refractivity contribution in [3.8, 4) is 5.75 Å². The highest BCUT2D eigenvalue weighted by Gasteiger charge is 2.11. The van der Waals surface area contributed by atoms with E-state index in [2.05, 4.69) is 25.8 Å². The van der Waals surface area contributed by atoms with Crippen LogP contribution in [0.1, 0.15) is 5.56 Å². The molecule has 0 saturated heterocycles. The van der Waals surface area contributed by atoms with Crippen LogP contribution in [0, 0.1) is 0 Å². The van der Waals surface area contributed by atoms with Crippen LogP contribution >= 0.6 is 0 Å². The summed E-state index contributed by atoms with van der Waals surface area (Å²) in [4.78, 5) is 12.9. The van der Waals surface area contributed by atoms with Gasteiger partial charge in [0.15, 0.2) is 0 Å². The van der Waals surface area contributed by atoms with E-state index >= 15 is 0 Å². The van der Waals surface area contributed by atoms with Crippen LogP contribution in [0.3, 0.4) is 0 Å². The zero-order valence-corrected chi connectivity index (χ0v) is 15.0. The lowest BCUT2D eigenvalue weighted by atomic mass is 10.2. The number of hydrogen-bond donors (Lipinski definition) is 3. The second-order valence-corrected chi connectivity index (χ2v) is 5.47. The number of ether oxygens (including phenoxy) is 1. The molecule has 2 aromatic carbocycles. The van der Waals surface area contributed by atoms with E-state index in [4.69, 9.17) is 15.3 Å². The van der Waals surface area contributed by atoms with E-state index < -0.39 is 0 Å². The number of benzene rings is 2. The first-order chi connectivity index (χ1) is 13.2. The molecule has 3 rings (SSSR count). The second kappa shape index (κ2) is 8.52. The molecular formula is C19H20N6O2. The Balaban J connectivity index is 1.88. The van der Waals surface area contributed by atoms with Gasteiger partial charge in [0.2, 0.25) is 0 Å².